The van der Waals surface area contributed by atoms with Crippen molar-refractivity contribution in [3.05, 3.63) is 0 Å². The highest BCUT2D eigenvalue weighted by molar-refractivity contribution is 5.75. The Hall–Kier alpha value is -4.09. The average molecular weight is 1520 g/mol. The van der Waals surface area contributed by atoms with Gasteiger partial charge in [-0.2, -0.15) is 0 Å². The highest BCUT2D eigenvalue weighted by atomic mass is 16.8. The van der Waals surface area contributed by atoms with Crippen molar-refractivity contribution in [2.75, 3.05) is 52.9 Å². The van der Waals surface area contributed by atoms with Crippen LogP contribution in [0.15, 0.2) is 0 Å². The molecule has 600 valence electrons. The number of amides is 5. The molecule has 5 amide bonds. The fourth-order valence-corrected chi connectivity index (χ4v) is 13.4. The van der Waals surface area contributed by atoms with E-state index in [1.165, 1.54) is 0 Å². The van der Waals surface area contributed by atoms with Crippen LogP contribution in [0.2, 0.25) is 0 Å². The van der Waals surface area contributed by atoms with Gasteiger partial charge in [0.15, 0.2) is 50.3 Å². The minimum Gasteiger partial charge on any atom is -0.394 e. The van der Waals surface area contributed by atoms with E-state index in [2.05, 4.69) is 26.6 Å². The van der Waals surface area contributed by atoms with Gasteiger partial charge < -0.3 is 205 Å². The van der Waals surface area contributed by atoms with Crippen molar-refractivity contribution in [3.8, 4) is 0 Å². The predicted molar refractivity (Wildman–Crippen MR) is 322 cm³/mol. The molecule has 0 spiro atoms. The maximum Gasteiger partial charge on any atom is 0.217 e. The Morgan fingerprint density at radius 2 is 0.481 bits per heavy atom. The van der Waals surface area contributed by atoms with E-state index >= 15 is 0 Å². The lowest BCUT2D eigenvalue weighted by Crippen LogP contribution is -2.71. The molecule has 8 aliphatic heterocycles. The number of carbonyl (C=O) groups excluding carboxylic acids is 5. The van der Waals surface area contributed by atoms with Gasteiger partial charge in [-0.05, 0) is 0 Å². The lowest BCUT2D eigenvalue weighted by molar-refractivity contribution is -0.385. The summed E-state index contributed by atoms with van der Waals surface area (Å²) in [5.41, 5.74) is 0. The van der Waals surface area contributed by atoms with Crippen LogP contribution in [0.5, 0.6) is 0 Å². The van der Waals surface area contributed by atoms with E-state index < -0.39 is 328 Å². The predicted octanol–water partition coefficient (Wildman–Crippen LogP) is -17.7. The molecule has 8 heterocycles. The zero-order valence-corrected chi connectivity index (χ0v) is 56.3. The van der Waals surface area contributed by atoms with Gasteiger partial charge in [0.25, 0.3) is 0 Å². The Kier molecular flexibility index (Phi) is 30.9. The van der Waals surface area contributed by atoms with Crippen LogP contribution < -0.4 is 26.6 Å². The van der Waals surface area contributed by atoms with Crippen LogP contribution in [0.4, 0.5) is 0 Å². The summed E-state index contributed by atoms with van der Waals surface area (Å²) in [4.78, 5) is 62.6. The smallest absolute Gasteiger partial charge is 0.217 e. The maximum atomic E-state index is 13.1. The molecule has 8 rings (SSSR count). The van der Waals surface area contributed by atoms with Gasteiger partial charge in [0.2, 0.25) is 29.5 Å². The normalized spacial score (nSPS) is 47.2. The lowest BCUT2D eigenvalue weighted by atomic mass is 9.93. The van der Waals surface area contributed by atoms with Gasteiger partial charge in [-0.3, -0.25) is 24.0 Å². The Morgan fingerprint density at radius 1 is 0.250 bits per heavy atom. The molecule has 0 bridgehead atoms. The summed E-state index contributed by atoms with van der Waals surface area (Å²) >= 11 is 0. The second-order valence-corrected chi connectivity index (χ2v) is 26.1. The first-order valence-corrected chi connectivity index (χ1v) is 33.1. The molecule has 0 saturated carbocycles. The first-order chi connectivity index (χ1) is 49.2. The van der Waals surface area contributed by atoms with Crippen LogP contribution in [0.25, 0.3) is 0 Å². The number of carbonyl (C=O) groups is 5. The molecule has 1 unspecified atom stereocenters. The van der Waals surface area contributed by atoms with E-state index in [4.69, 9.17) is 71.1 Å². The summed E-state index contributed by atoms with van der Waals surface area (Å²) < 4.78 is 88.2. The molecule has 104 heavy (non-hydrogen) atoms. The Bertz CT molecular complexity index is 2770. The minimum atomic E-state index is -2.39. The SMILES string of the molecule is CC(=O)N[C@H]1[C@H](OC[C@H]2O[C@@H](O[C@H]3[C@H](O)[C@@H](NC(C)=O)C(O)O[C@@H]3CO)[C@H](O)[C@@H](O[C@@H]3O[C@H](CO)[C@@H](O[C@@H]4O[C@H](CO)[C@H](O)[C@H](O[C@@H]5O[C@H](CO)[C@@H](O)[C@H](O)[C@H]5NC(C)=O)[C@H]4O)[C@H](O)[C@H]3NC(C)=O)[C@H]2O)O[C@H](CO)[C@@H](O[C@@H]2O[C@H](CO)[C@H](O)[C@H](O[C@@H]3O[C@H](CO)[C@@H](O)[C@H](O)[C@H]3NC(C)=O)[C@H]2O)[C@@H]1O. The summed E-state index contributed by atoms with van der Waals surface area (Å²) in [6.07, 6.45) is -69.5. The fourth-order valence-electron chi connectivity index (χ4n) is 13.4. The summed E-state index contributed by atoms with van der Waals surface area (Å²) in [5.74, 6) is -4.25. The van der Waals surface area contributed by atoms with E-state index in [0.29, 0.717) is 0 Å². The quantitative estimate of drug-likeness (QED) is 0.0363. The standard InChI is InChI=1S/C58H97N5O41/c1-14(71)59-27-39(83)45(23(10-68)91-51(27)89)99-58-44(88)50(104-55-31(63-18(5)75)41(85)47(25(12-70)97-55)101-57-43(87)49(35(79)22(9-67)95-57)103-54-29(61-16(3)73)38(82)33(77)20(7-65)93-54)36(80)26(98-58)13-90-52-30(62-17(4)74)40(84)46(24(11-69)96-52)100-56-42(86)48(34(78)21(8-66)94-56)102-53-28(60-15(2)72)37(81)32(76)19(6-64)92-53/h19-58,64-70,76-89H,6-13H2,1-5H3,(H,59,71)(H,60,72)(H,61,73)(H,62,74)(H,63,75)/t19-,20-,21-,22-,23-,24-,25-,26-,27-,28-,29-,30-,31-,32-,33-,34+,35+,36+,37-,38-,39-,40-,41-,42-,43-,44-,45-,46-,47-,48+,49+,50+,51?,52-,53+,54+,55+,56+,57+,58+/m1/s1. The molecule has 8 fully saturated rings. The van der Waals surface area contributed by atoms with Gasteiger partial charge >= 0.3 is 0 Å². The molecule has 8 aliphatic rings. The molecular formula is C58H97N5O41. The van der Waals surface area contributed by atoms with Crippen LogP contribution in [0.1, 0.15) is 34.6 Å². The van der Waals surface area contributed by atoms with Gasteiger partial charge in [0.05, 0.1) is 52.9 Å². The van der Waals surface area contributed by atoms with Gasteiger partial charge in [-0.15, -0.1) is 0 Å². The van der Waals surface area contributed by atoms with E-state index in [1.54, 1.807) is 0 Å². The molecule has 8 saturated heterocycles. The zero-order valence-electron chi connectivity index (χ0n) is 56.3. The topological polar surface area (TPSA) is 709 Å². The molecule has 0 aromatic rings. The fraction of sp³-hybridized carbons (Fsp3) is 0.914. The third-order valence-electron chi connectivity index (χ3n) is 18.6. The summed E-state index contributed by atoms with van der Waals surface area (Å²) in [6.45, 7) is -3.33. The van der Waals surface area contributed by atoms with Gasteiger partial charge in [-0.25, -0.2) is 0 Å². The van der Waals surface area contributed by atoms with E-state index in [9.17, 15) is 131 Å². The van der Waals surface area contributed by atoms with Crippen molar-refractivity contribution in [2.24, 2.45) is 0 Å². The van der Waals surface area contributed by atoms with Crippen LogP contribution in [-0.2, 0) is 95.0 Å². The van der Waals surface area contributed by atoms with E-state index in [1.807, 2.05) is 0 Å². The highest BCUT2D eigenvalue weighted by Crippen LogP contribution is 2.39. The van der Waals surface area contributed by atoms with Crippen molar-refractivity contribution in [1.82, 2.24) is 26.6 Å². The Labute approximate surface area is 589 Å². The molecule has 0 aromatic heterocycles. The number of nitrogens with one attached hydrogen (secondary N) is 5. The van der Waals surface area contributed by atoms with Gasteiger partial charge in [-0.1, -0.05) is 0 Å². The largest absolute Gasteiger partial charge is 0.394 e. The van der Waals surface area contributed by atoms with Crippen LogP contribution in [0, 0.1) is 0 Å². The third-order valence-corrected chi connectivity index (χ3v) is 18.6. The van der Waals surface area contributed by atoms with Gasteiger partial charge in [0, 0.05) is 34.6 Å². The first-order valence-electron chi connectivity index (χ1n) is 33.1. The monoisotopic (exact) mass is 1520 g/mol. The second kappa shape index (κ2) is 37.5. The number of hydrogen-bond acceptors (Lipinski definition) is 41. The van der Waals surface area contributed by atoms with Crippen LogP contribution in [-0.4, -0.2) is 435 Å². The zero-order chi connectivity index (χ0) is 76.8. The summed E-state index contributed by atoms with van der Waals surface area (Å²) in [5, 5.41) is 245. The molecule has 0 aliphatic carbocycles. The molecule has 0 aromatic carbocycles. The number of hydrogen-bond donors (Lipinski definition) is 26. The number of ether oxygens (including phenoxy) is 15. The molecule has 40 atom stereocenters. The molecule has 0 radical (unpaired) electrons. The molecule has 26 N–H and O–H groups in total. The molecule has 46 nitrogen and oxygen atoms in total. The molecule has 46 heteroatoms. The second-order valence-electron chi connectivity index (χ2n) is 26.1. The molecular weight excluding hydrogens is 1420 g/mol. The number of aliphatic hydroxyl groups excluding tert-OH is 21. The van der Waals surface area contributed by atoms with Crippen LogP contribution >= 0.6 is 0 Å². The Morgan fingerprint density at radius 3 is 0.808 bits per heavy atom. The van der Waals surface area contributed by atoms with Gasteiger partial charge in [0.1, 0.15) is 195 Å². The van der Waals surface area contributed by atoms with Crippen molar-refractivity contribution in [2.45, 2.75) is 280 Å². The van der Waals surface area contributed by atoms with E-state index in [0.717, 1.165) is 34.6 Å². The van der Waals surface area contributed by atoms with Crippen molar-refractivity contribution in [3.63, 3.8) is 0 Å². The average Bonchev–Trinajstić information content (AvgIpc) is 0.774. The lowest BCUT2D eigenvalue weighted by Gasteiger charge is -2.51. The van der Waals surface area contributed by atoms with E-state index in [-0.39, 0.29) is 0 Å². The Balaban J connectivity index is 1.06. The minimum absolute atomic E-state index is 0.781. The van der Waals surface area contributed by atoms with Crippen molar-refractivity contribution >= 4 is 29.5 Å². The van der Waals surface area contributed by atoms with Crippen LogP contribution in [0.3, 0.4) is 0 Å². The third kappa shape index (κ3) is 19.2. The number of rotatable bonds is 27. The summed E-state index contributed by atoms with van der Waals surface area (Å²) in [7, 11) is 0. The van der Waals surface area contributed by atoms with Crippen molar-refractivity contribution < 1.29 is 202 Å². The summed E-state index contributed by atoms with van der Waals surface area (Å²) in [6, 6.07) is -8.79. The first kappa shape index (κ1) is 85.5. The maximum absolute atomic E-state index is 13.1. The highest BCUT2D eigenvalue weighted by Gasteiger charge is 2.60. The van der Waals surface area contributed by atoms with Crippen molar-refractivity contribution in [1.29, 1.82) is 0 Å². The number of aliphatic hydroxyl groups is 21.